The number of aromatic nitrogens is 3. The van der Waals surface area contributed by atoms with Crippen molar-refractivity contribution in [2.75, 3.05) is 12.4 Å². The molecule has 0 radical (unpaired) electrons. The van der Waals surface area contributed by atoms with E-state index in [4.69, 9.17) is 4.74 Å². The van der Waals surface area contributed by atoms with E-state index in [2.05, 4.69) is 15.3 Å². The van der Waals surface area contributed by atoms with Crippen LogP contribution in [0.2, 0.25) is 0 Å². The molecule has 2 aromatic heterocycles. The third kappa shape index (κ3) is 2.38. The lowest BCUT2D eigenvalue weighted by Gasteiger charge is -2.29. The van der Waals surface area contributed by atoms with E-state index < -0.39 is 5.41 Å². The summed E-state index contributed by atoms with van der Waals surface area (Å²) in [7, 11) is 1.39. The van der Waals surface area contributed by atoms with Gasteiger partial charge in [-0.3, -0.25) is 9.20 Å². The molecule has 1 unspecified atom stereocenters. The van der Waals surface area contributed by atoms with Crippen molar-refractivity contribution in [3.05, 3.63) is 24.7 Å². The summed E-state index contributed by atoms with van der Waals surface area (Å²) in [5.41, 5.74) is 0.152. The maximum atomic E-state index is 11.8. The third-order valence-corrected chi connectivity index (χ3v) is 3.46. The molecule has 0 spiro atoms. The zero-order valence-corrected chi connectivity index (χ0v) is 11.5. The second-order valence-corrected chi connectivity index (χ2v) is 5.00. The van der Waals surface area contributed by atoms with Crippen molar-refractivity contribution in [3.8, 4) is 0 Å². The number of rotatable bonds is 4. The van der Waals surface area contributed by atoms with Gasteiger partial charge in [0, 0.05) is 24.6 Å². The summed E-state index contributed by atoms with van der Waals surface area (Å²) in [6.45, 7) is 5.60. The summed E-state index contributed by atoms with van der Waals surface area (Å²) < 4.78 is 6.66. The fourth-order valence-corrected chi connectivity index (χ4v) is 1.77. The number of ether oxygens (including phenoxy) is 1. The highest BCUT2D eigenvalue weighted by molar-refractivity contribution is 5.77. The van der Waals surface area contributed by atoms with Crippen molar-refractivity contribution in [1.82, 2.24) is 14.4 Å². The first-order chi connectivity index (χ1) is 8.96. The lowest BCUT2D eigenvalue weighted by molar-refractivity contribution is -0.151. The molecular weight excluding hydrogens is 244 g/mol. The molecule has 1 atom stereocenters. The Labute approximate surface area is 111 Å². The first-order valence-corrected chi connectivity index (χ1v) is 6.10. The monoisotopic (exact) mass is 262 g/mol. The number of hydrogen-bond donors (Lipinski definition) is 1. The van der Waals surface area contributed by atoms with Crippen LogP contribution in [0.3, 0.4) is 0 Å². The van der Waals surface area contributed by atoms with Crippen molar-refractivity contribution in [2.24, 2.45) is 5.41 Å². The molecule has 19 heavy (non-hydrogen) atoms. The zero-order valence-electron chi connectivity index (χ0n) is 11.5. The number of nitrogens with one attached hydrogen (secondary N) is 1. The Hall–Kier alpha value is -2.11. The standard InChI is InChI=1S/C13H18N4O2/c1-9(13(2,3)11(18)19-4)16-12-15-6-5-10-14-7-8-17(10)12/h5-9H,1-4H3,(H,15,16). The predicted octanol–water partition coefficient (Wildman–Crippen LogP) is 1.73. The molecule has 0 aliphatic heterocycles. The quantitative estimate of drug-likeness (QED) is 0.850. The van der Waals surface area contributed by atoms with Gasteiger partial charge in [-0.15, -0.1) is 0 Å². The number of methoxy groups -OCH3 is 1. The minimum atomic E-state index is -0.654. The number of nitrogens with zero attached hydrogens (tertiary/aromatic N) is 3. The smallest absolute Gasteiger partial charge is 0.313 e. The molecule has 0 saturated heterocycles. The van der Waals surface area contributed by atoms with Gasteiger partial charge in [0.05, 0.1) is 12.5 Å². The van der Waals surface area contributed by atoms with Crippen LogP contribution in [-0.2, 0) is 9.53 Å². The highest BCUT2D eigenvalue weighted by atomic mass is 16.5. The molecule has 0 aliphatic carbocycles. The van der Waals surface area contributed by atoms with E-state index in [0.29, 0.717) is 5.95 Å². The summed E-state index contributed by atoms with van der Waals surface area (Å²) in [6.07, 6.45) is 5.21. The molecule has 0 fully saturated rings. The number of esters is 1. The number of fused-ring (bicyclic) bond motifs is 1. The summed E-state index contributed by atoms with van der Waals surface area (Å²) in [6, 6.07) is 1.68. The van der Waals surface area contributed by atoms with Crippen LogP contribution < -0.4 is 5.32 Å². The Bertz CT molecular complexity index is 591. The summed E-state index contributed by atoms with van der Waals surface area (Å²) in [5, 5.41) is 3.24. The van der Waals surface area contributed by atoms with Crippen molar-refractivity contribution in [2.45, 2.75) is 26.8 Å². The van der Waals surface area contributed by atoms with E-state index in [-0.39, 0.29) is 12.0 Å². The summed E-state index contributed by atoms with van der Waals surface area (Å²) >= 11 is 0. The van der Waals surface area contributed by atoms with Crippen molar-refractivity contribution in [1.29, 1.82) is 0 Å². The molecule has 1 N–H and O–H groups in total. The van der Waals surface area contributed by atoms with Crippen molar-refractivity contribution < 1.29 is 9.53 Å². The Morgan fingerprint density at radius 3 is 2.84 bits per heavy atom. The van der Waals surface area contributed by atoms with Gasteiger partial charge in [-0.25, -0.2) is 9.97 Å². The molecule has 0 aliphatic rings. The van der Waals surface area contributed by atoms with Crippen LogP contribution in [0.4, 0.5) is 5.95 Å². The predicted molar refractivity (Wildman–Crippen MR) is 71.9 cm³/mol. The molecule has 0 saturated carbocycles. The molecular formula is C13H18N4O2. The van der Waals surface area contributed by atoms with Gasteiger partial charge in [-0.05, 0) is 26.8 Å². The van der Waals surface area contributed by atoms with E-state index >= 15 is 0 Å². The molecule has 6 heteroatoms. The van der Waals surface area contributed by atoms with Crippen LogP contribution in [-0.4, -0.2) is 33.5 Å². The van der Waals surface area contributed by atoms with Gasteiger partial charge >= 0.3 is 5.97 Å². The topological polar surface area (TPSA) is 68.5 Å². The maximum absolute atomic E-state index is 11.8. The van der Waals surface area contributed by atoms with Gasteiger partial charge in [-0.2, -0.15) is 0 Å². The Morgan fingerprint density at radius 2 is 2.16 bits per heavy atom. The van der Waals surface area contributed by atoms with Crippen LogP contribution in [0, 0.1) is 5.41 Å². The Balaban J connectivity index is 2.26. The molecule has 2 heterocycles. The highest BCUT2D eigenvalue weighted by Crippen LogP contribution is 2.25. The number of anilines is 1. The van der Waals surface area contributed by atoms with Crippen molar-refractivity contribution in [3.63, 3.8) is 0 Å². The molecule has 0 bridgehead atoms. The van der Waals surface area contributed by atoms with Crippen LogP contribution in [0.1, 0.15) is 20.8 Å². The fraction of sp³-hybridized carbons (Fsp3) is 0.462. The van der Waals surface area contributed by atoms with Gasteiger partial charge in [0.1, 0.15) is 5.65 Å². The van der Waals surface area contributed by atoms with Crippen LogP contribution in [0.25, 0.3) is 5.65 Å². The number of hydrogen-bond acceptors (Lipinski definition) is 5. The highest BCUT2D eigenvalue weighted by Gasteiger charge is 2.35. The van der Waals surface area contributed by atoms with E-state index in [1.165, 1.54) is 7.11 Å². The molecule has 0 aromatic carbocycles. The van der Waals surface area contributed by atoms with Crippen LogP contribution in [0.15, 0.2) is 24.7 Å². The fourth-order valence-electron chi connectivity index (χ4n) is 1.77. The molecule has 2 rings (SSSR count). The third-order valence-electron chi connectivity index (χ3n) is 3.46. The first kappa shape index (κ1) is 13.3. The molecule has 6 nitrogen and oxygen atoms in total. The van der Waals surface area contributed by atoms with Gasteiger partial charge in [-0.1, -0.05) is 0 Å². The minimum Gasteiger partial charge on any atom is -0.469 e. The Morgan fingerprint density at radius 1 is 1.42 bits per heavy atom. The van der Waals surface area contributed by atoms with Crippen molar-refractivity contribution >= 4 is 17.6 Å². The summed E-state index contributed by atoms with van der Waals surface area (Å²) in [5.74, 6) is 0.393. The van der Waals surface area contributed by atoms with E-state index in [0.717, 1.165) is 5.65 Å². The molecule has 2 aromatic rings. The Kier molecular flexibility index (Phi) is 3.42. The average molecular weight is 262 g/mol. The van der Waals surface area contributed by atoms with Gasteiger partial charge in [0.2, 0.25) is 5.95 Å². The van der Waals surface area contributed by atoms with Gasteiger partial charge in [0.25, 0.3) is 0 Å². The average Bonchev–Trinajstić information content (AvgIpc) is 2.86. The maximum Gasteiger partial charge on any atom is 0.313 e. The SMILES string of the molecule is COC(=O)C(C)(C)C(C)Nc1nccc2nccn12. The van der Waals surface area contributed by atoms with Crippen LogP contribution in [0.5, 0.6) is 0 Å². The molecule has 102 valence electrons. The van der Waals surface area contributed by atoms with Gasteiger partial charge < -0.3 is 10.1 Å². The number of carbonyl (C=O) groups excluding carboxylic acids is 1. The van der Waals surface area contributed by atoms with Crippen LogP contribution >= 0.6 is 0 Å². The lowest BCUT2D eigenvalue weighted by Crippen LogP contribution is -2.41. The number of imidazole rings is 1. The van der Waals surface area contributed by atoms with E-state index in [9.17, 15) is 4.79 Å². The first-order valence-electron chi connectivity index (χ1n) is 6.10. The number of carbonyl (C=O) groups is 1. The lowest BCUT2D eigenvalue weighted by atomic mass is 9.85. The largest absolute Gasteiger partial charge is 0.469 e. The summed E-state index contributed by atoms with van der Waals surface area (Å²) in [4.78, 5) is 20.2. The second kappa shape index (κ2) is 4.87. The zero-order chi connectivity index (χ0) is 14.0. The van der Waals surface area contributed by atoms with E-state index in [1.54, 1.807) is 12.4 Å². The molecule has 0 amide bonds. The normalized spacial score (nSPS) is 13.3. The minimum absolute atomic E-state index is 0.138. The van der Waals surface area contributed by atoms with Gasteiger partial charge in [0.15, 0.2) is 0 Å². The van der Waals surface area contributed by atoms with E-state index in [1.807, 2.05) is 37.4 Å². The second-order valence-electron chi connectivity index (χ2n) is 5.00.